The second-order valence-electron chi connectivity index (χ2n) is 13.1. The lowest BCUT2D eigenvalue weighted by molar-refractivity contribution is 0.0862. The molecule has 1 heterocycles. The molecule has 1 aromatic rings. The van der Waals surface area contributed by atoms with Crippen LogP contribution < -0.4 is 0 Å². The van der Waals surface area contributed by atoms with Gasteiger partial charge in [-0.15, -0.1) is 10.2 Å². The van der Waals surface area contributed by atoms with Crippen molar-refractivity contribution in [2.75, 3.05) is 0 Å². The van der Waals surface area contributed by atoms with Gasteiger partial charge in [0.2, 0.25) is 11.8 Å². The summed E-state index contributed by atoms with van der Waals surface area (Å²) < 4.78 is 5.96. The first-order chi connectivity index (χ1) is 18.7. The van der Waals surface area contributed by atoms with Crippen molar-refractivity contribution in [1.29, 1.82) is 0 Å². The molecule has 7 atom stereocenters. The van der Waals surface area contributed by atoms with Gasteiger partial charge in [0.25, 0.3) is 0 Å². The first-order valence-corrected chi connectivity index (χ1v) is 15.3. The number of unbranched alkanes of at least 4 members (excludes halogenated alkanes) is 1. The van der Waals surface area contributed by atoms with Gasteiger partial charge in [-0.1, -0.05) is 63.6 Å². The molecule has 39 heavy (non-hydrogen) atoms. The Morgan fingerprint density at radius 1 is 1.13 bits per heavy atom. The second kappa shape index (κ2) is 11.5. The van der Waals surface area contributed by atoms with Crippen LogP contribution in [0.15, 0.2) is 52.0 Å². The first kappa shape index (κ1) is 28.5. The van der Waals surface area contributed by atoms with Gasteiger partial charge in [-0.25, -0.2) is 0 Å². The first-order valence-electron chi connectivity index (χ1n) is 15.3. The number of nitrogens with zero attached hydrogens (tertiary/aromatic N) is 2. The summed E-state index contributed by atoms with van der Waals surface area (Å²) in [5, 5.41) is 40.1. The van der Waals surface area contributed by atoms with Crippen LogP contribution in [0.2, 0.25) is 0 Å². The Kier molecular flexibility index (Phi) is 8.38. The number of fused-ring (bicyclic) bond motifs is 1. The number of aryl methyl sites for hydroxylation is 1. The SMILES string of the molecule is C=C1C(=CC=C2CCC[C@]3(C)[C@@H]([C@H](C)C=C[C@@H](O)C4(c5nnc(CCCC)o5)CC4)CC[C@@H]23)C[C@@H](O)C[C@@H]1O. The Bertz CT molecular complexity index is 1130. The van der Waals surface area contributed by atoms with Gasteiger partial charge in [0.15, 0.2) is 0 Å². The third kappa shape index (κ3) is 5.62. The van der Waals surface area contributed by atoms with Crippen molar-refractivity contribution in [3.05, 3.63) is 59.4 Å². The van der Waals surface area contributed by atoms with Gasteiger partial charge in [0, 0.05) is 12.8 Å². The predicted molar refractivity (Wildman–Crippen MR) is 153 cm³/mol. The lowest BCUT2D eigenvalue weighted by atomic mass is 9.61. The second-order valence-corrected chi connectivity index (χ2v) is 13.1. The molecule has 0 unspecified atom stereocenters. The van der Waals surface area contributed by atoms with Gasteiger partial charge in [-0.2, -0.15) is 0 Å². The summed E-state index contributed by atoms with van der Waals surface area (Å²) in [5.41, 5.74) is 3.06. The number of allylic oxidation sites excluding steroid dienone is 4. The molecule has 6 nitrogen and oxygen atoms in total. The van der Waals surface area contributed by atoms with E-state index in [0.29, 0.717) is 42.4 Å². The Hall–Kier alpha value is -2.02. The van der Waals surface area contributed by atoms with Crippen LogP contribution in [0.3, 0.4) is 0 Å². The molecule has 0 bridgehead atoms. The van der Waals surface area contributed by atoms with Crippen LogP contribution in [0, 0.1) is 23.2 Å². The molecule has 0 amide bonds. The average molecular weight is 537 g/mol. The highest BCUT2D eigenvalue weighted by atomic mass is 16.4. The van der Waals surface area contributed by atoms with Crippen LogP contribution in [0.4, 0.5) is 0 Å². The Labute approximate surface area is 234 Å². The minimum atomic E-state index is -0.647. The molecule has 1 aromatic heterocycles. The largest absolute Gasteiger partial charge is 0.425 e. The smallest absolute Gasteiger partial charge is 0.225 e. The summed E-state index contributed by atoms with van der Waals surface area (Å²) in [6.07, 6.45) is 18.4. The number of hydrogen-bond donors (Lipinski definition) is 3. The summed E-state index contributed by atoms with van der Waals surface area (Å²) >= 11 is 0. The summed E-state index contributed by atoms with van der Waals surface area (Å²) in [7, 11) is 0. The fourth-order valence-electron chi connectivity index (χ4n) is 7.86. The zero-order valence-corrected chi connectivity index (χ0v) is 24.1. The van der Waals surface area contributed by atoms with Crippen LogP contribution in [-0.4, -0.2) is 43.8 Å². The van der Waals surface area contributed by atoms with Crippen LogP contribution in [0.1, 0.15) is 103 Å². The Morgan fingerprint density at radius 3 is 2.67 bits per heavy atom. The van der Waals surface area contributed by atoms with Gasteiger partial charge >= 0.3 is 0 Å². The molecular formula is C33H48N2O4. The van der Waals surface area contributed by atoms with E-state index in [1.807, 2.05) is 6.08 Å². The summed E-state index contributed by atoms with van der Waals surface area (Å²) in [6, 6.07) is 0. The summed E-state index contributed by atoms with van der Waals surface area (Å²) in [5.74, 6) is 2.77. The van der Waals surface area contributed by atoms with Gasteiger partial charge < -0.3 is 19.7 Å². The lowest BCUT2D eigenvalue weighted by Gasteiger charge is -2.44. The highest BCUT2D eigenvalue weighted by Gasteiger charge is 2.54. The van der Waals surface area contributed by atoms with E-state index in [1.165, 1.54) is 31.3 Å². The van der Waals surface area contributed by atoms with E-state index >= 15 is 0 Å². The van der Waals surface area contributed by atoms with E-state index in [-0.39, 0.29) is 5.41 Å². The van der Waals surface area contributed by atoms with Crippen LogP contribution >= 0.6 is 0 Å². The highest BCUT2D eigenvalue weighted by molar-refractivity contribution is 5.38. The van der Waals surface area contributed by atoms with E-state index in [2.05, 4.69) is 55.8 Å². The molecule has 0 spiro atoms. The maximum absolute atomic E-state index is 11.2. The normalized spacial score (nSPS) is 36.0. The standard InChI is InChI=1S/C33H48N2O4/c1-5-6-9-30-34-35-31(39-30)33(17-18-33)29(38)15-10-21(2)26-13-14-27-23(8-7-16-32(26,27)4)11-12-24-19-25(36)20-28(37)22(24)3/h10-12,15,21,25-29,36-38H,3,5-9,13-14,16-20H2,1-2,4H3/t21-,25-,26-,27+,28+,29-,32-/m1/s1. The van der Waals surface area contributed by atoms with E-state index in [4.69, 9.17) is 4.42 Å². The minimum absolute atomic E-state index is 0.234. The fraction of sp³-hybridized carbons (Fsp3) is 0.697. The highest BCUT2D eigenvalue weighted by Crippen LogP contribution is 2.60. The van der Waals surface area contributed by atoms with Gasteiger partial charge in [0.1, 0.15) is 0 Å². The van der Waals surface area contributed by atoms with Crippen molar-refractivity contribution in [3.8, 4) is 0 Å². The van der Waals surface area contributed by atoms with Crippen molar-refractivity contribution in [3.63, 3.8) is 0 Å². The average Bonchev–Trinajstić information content (AvgIpc) is 3.44. The quantitative estimate of drug-likeness (QED) is 0.328. The van der Waals surface area contributed by atoms with Gasteiger partial charge in [-0.05, 0) is 92.1 Å². The van der Waals surface area contributed by atoms with Crippen LogP contribution in [0.25, 0.3) is 0 Å². The fourth-order valence-corrected chi connectivity index (χ4v) is 7.86. The Balaban J connectivity index is 1.26. The van der Waals surface area contributed by atoms with Crippen molar-refractivity contribution in [1.82, 2.24) is 10.2 Å². The van der Waals surface area contributed by atoms with Crippen molar-refractivity contribution < 1.29 is 19.7 Å². The molecule has 0 aromatic carbocycles. The molecule has 6 heteroatoms. The van der Waals surface area contributed by atoms with E-state index in [0.717, 1.165) is 49.7 Å². The molecule has 214 valence electrons. The minimum Gasteiger partial charge on any atom is -0.425 e. The number of hydrogen-bond acceptors (Lipinski definition) is 6. The maximum atomic E-state index is 11.2. The molecule has 4 aliphatic rings. The van der Waals surface area contributed by atoms with Crippen molar-refractivity contribution in [2.45, 2.75) is 122 Å². The number of aliphatic hydroxyl groups excluding tert-OH is 3. The molecule has 4 fully saturated rings. The molecule has 5 rings (SSSR count). The molecule has 3 N–H and O–H groups in total. The number of rotatable bonds is 9. The number of aromatic nitrogens is 2. The molecule has 0 aliphatic heterocycles. The monoisotopic (exact) mass is 536 g/mol. The summed E-state index contributed by atoms with van der Waals surface area (Å²) in [4.78, 5) is 0. The van der Waals surface area contributed by atoms with Crippen LogP contribution in [0.5, 0.6) is 0 Å². The third-order valence-corrected chi connectivity index (χ3v) is 10.5. The number of aliphatic hydroxyl groups is 3. The zero-order chi connectivity index (χ0) is 27.8. The molecule has 0 saturated heterocycles. The summed E-state index contributed by atoms with van der Waals surface area (Å²) in [6.45, 7) is 11.0. The zero-order valence-electron chi connectivity index (χ0n) is 24.1. The molecule has 0 radical (unpaired) electrons. The topological polar surface area (TPSA) is 99.6 Å². The molecular weight excluding hydrogens is 488 g/mol. The van der Waals surface area contributed by atoms with E-state index in [1.54, 1.807) is 0 Å². The van der Waals surface area contributed by atoms with E-state index < -0.39 is 23.7 Å². The lowest BCUT2D eigenvalue weighted by Crippen LogP contribution is -2.35. The molecule has 4 saturated carbocycles. The predicted octanol–water partition coefficient (Wildman–Crippen LogP) is 6.14. The van der Waals surface area contributed by atoms with Gasteiger partial charge in [0.05, 0.1) is 23.7 Å². The van der Waals surface area contributed by atoms with E-state index in [9.17, 15) is 15.3 Å². The third-order valence-electron chi connectivity index (χ3n) is 10.5. The maximum Gasteiger partial charge on any atom is 0.225 e. The van der Waals surface area contributed by atoms with Crippen molar-refractivity contribution in [2.24, 2.45) is 23.2 Å². The van der Waals surface area contributed by atoms with Crippen molar-refractivity contribution >= 4 is 0 Å². The molecule has 4 aliphatic carbocycles. The van der Waals surface area contributed by atoms with Gasteiger partial charge in [-0.3, -0.25) is 0 Å². The Morgan fingerprint density at radius 2 is 1.92 bits per heavy atom. The van der Waals surface area contributed by atoms with Crippen LogP contribution in [-0.2, 0) is 11.8 Å².